The number of carboxylic acids is 1. The van der Waals surface area contributed by atoms with Crippen LogP contribution in [0.3, 0.4) is 0 Å². The molecule has 0 unspecified atom stereocenters. The predicted octanol–water partition coefficient (Wildman–Crippen LogP) is 9.92. The van der Waals surface area contributed by atoms with Crippen molar-refractivity contribution < 1.29 is 33.4 Å². The lowest BCUT2D eigenvalue weighted by Gasteiger charge is -2.15. The molecule has 0 spiro atoms. The molecule has 0 fully saturated rings. The van der Waals surface area contributed by atoms with Gasteiger partial charge in [-0.05, 0) is 56.0 Å². The summed E-state index contributed by atoms with van der Waals surface area (Å²) in [6.07, 6.45) is 16.5. The molecule has 0 aliphatic rings. The Morgan fingerprint density at radius 2 is 1.31 bits per heavy atom. The Morgan fingerprint density at radius 1 is 0.762 bits per heavy atom. The van der Waals surface area contributed by atoms with E-state index >= 15 is 4.39 Å². The Kier molecular flexibility index (Phi) is 16.5. The van der Waals surface area contributed by atoms with E-state index in [0.29, 0.717) is 17.5 Å². The lowest BCUT2D eigenvalue weighted by Crippen LogP contribution is -2.15. The summed E-state index contributed by atoms with van der Waals surface area (Å²) in [5, 5.41) is 9.45. The molecule has 1 N–H and O–H groups in total. The van der Waals surface area contributed by atoms with Crippen LogP contribution in [-0.4, -0.2) is 29.1 Å². The SMILES string of the molecule is CCCCCCCCCCCCC(=O)Oc1ccc(C(=O)O)c(F)c1-c1ccc(C(=O)O[C@H](C)CCCCCC)cc1. The molecule has 1 atom stereocenters. The maximum absolute atomic E-state index is 15.4. The third-order valence-corrected chi connectivity index (χ3v) is 7.47. The molecular formula is C35H49FO6. The number of aromatic carboxylic acids is 1. The fraction of sp³-hybridized carbons (Fsp3) is 0.571. The average Bonchev–Trinajstić information content (AvgIpc) is 2.96. The Balaban J connectivity index is 2.00. The number of hydrogen-bond donors (Lipinski definition) is 1. The molecule has 0 saturated carbocycles. The first-order valence-corrected chi connectivity index (χ1v) is 15.9. The molecule has 7 heteroatoms. The maximum Gasteiger partial charge on any atom is 0.338 e. The molecule has 0 radical (unpaired) electrons. The molecule has 2 aromatic rings. The van der Waals surface area contributed by atoms with Gasteiger partial charge >= 0.3 is 17.9 Å². The van der Waals surface area contributed by atoms with Crippen LogP contribution in [0.5, 0.6) is 5.75 Å². The van der Waals surface area contributed by atoms with Gasteiger partial charge in [-0.15, -0.1) is 0 Å². The van der Waals surface area contributed by atoms with Crippen molar-refractivity contribution in [2.24, 2.45) is 0 Å². The normalized spacial score (nSPS) is 11.7. The number of rotatable bonds is 21. The molecule has 232 valence electrons. The van der Waals surface area contributed by atoms with Crippen molar-refractivity contribution in [3.05, 3.63) is 53.3 Å². The Labute approximate surface area is 251 Å². The number of halogens is 1. The number of carbonyl (C=O) groups excluding carboxylic acids is 2. The van der Waals surface area contributed by atoms with Crippen LogP contribution in [0.25, 0.3) is 11.1 Å². The topological polar surface area (TPSA) is 89.9 Å². The van der Waals surface area contributed by atoms with E-state index in [1.54, 1.807) is 0 Å². The van der Waals surface area contributed by atoms with Gasteiger partial charge in [0.2, 0.25) is 0 Å². The minimum absolute atomic E-state index is 0.0504. The van der Waals surface area contributed by atoms with Crippen LogP contribution in [0.4, 0.5) is 4.39 Å². The highest BCUT2D eigenvalue weighted by molar-refractivity contribution is 5.93. The molecule has 0 saturated heterocycles. The van der Waals surface area contributed by atoms with Crippen LogP contribution in [0.2, 0.25) is 0 Å². The highest BCUT2D eigenvalue weighted by atomic mass is 19.1. The van der Waals surface area contributed by atoms with Gasteiger partial charge in [-0.3, -0.25) is 4.79 Å². The number of esters is 2. The first-order valence-electron chi connectivity index (χ1n) is 15.9. The van der Waals surface area contributed by atoms with E-state index in [4.69, 9.17) is 9.47 Å². The summed E-state index contributed by atoms with van der Waals surface area (Å²) in [6, 6.07) is 8.42. The first kappa shape index (κ1) is 35.0. The summed E-state index contributed by atoms with van der Waals surface area (Å²) in [6.45, 7) is 6.21. The smallest absolute Gasteiger partial charge is 0.338 e. The van der Waals surface area contributed by atoms with Gasteiger partial charge in [0.05, 0.1) is 22.8 Å². The van der Waals surface area contributed by atoms with E-state index in [2.05, 4.69) is 13.8 Å². The van der Waals surface area contributed by atoms with Gasteiger partial charge in [-0.1, -0.05) is 103 Å². The lowest BCUT2D eigenvalue weighted by atomic mass is 9.99. The summed E-state index contributed by atoms with van der Waals surface area (Å²) in [5.41, 5.74) is -0.0645. The maximum atomic E-state index is 15.4. The van der Waals surface area contributed by atoms with Gasteiger partial charge < -0.3 is 14.6 Å². The fourth-order valence-electron chi connectivity index (χ4n) is 4.95. The van der Waals surface area contributed by atoms with Crippen molar-refractivity contribution in [3.63, 3.8) is 0 Å². The number of benzene rings is 2. The van der Waals surface area contributed by atoms with Crippen molar-refractivity contribution in [2.75, 3.05) is 0 Å². The summed E-state index contributed by atoms with van der Waals surface area (Å²) >= 11 is 0. The highest BCUT2D eigenvalue weighted by Crippen LogP contribution is 2.35. The van der Waals surface area contributed by atoms with E-state index in [-0.39, 0.29) is 23.8 Å². The molecule has 0 aliphatic heterocycles. The first-order chi connectivity index (χ1) is 20.3. The van der Waals surface area contributed by atoms with Crippen LogP contribution < -0.4 is 4.74 Å². The minimum Gasteiger partial charge on any atom is -0.478 e. The zero-order valence-electron chi connectivity index (χ0n) is 25.7. The standard InChI is InChI=1S/C35H49FO6/c1-4-6-8-10-11-12-13-14-15-17-19-31(37)42-30-25-24-29(34(38)39)33(36)32(30)27-20-22-28(23-21-27)35(40)41-26(3)18-16-9-7-5-2/h20-26H,4-19H2,1-3H3,(H,38,39)/t26-/m1/s1. The van der Waals surface area contributed by atoms with Crippen molar-refractivity contribution in [2.45, 2.75) is 130 Å². The Morgan fingerprint density at radius 3 is 1.88 bits per heavy atom. The molecule has 0 amide bonds. The average molecular weight is 585 g/mol. The van der Waals surface area contributed by atoms with Gasteiger partial charge in [-0.25, -0.2) is 14.0 Å². The van der Waals surface area contributed by atoms with Crippen LogP contribution in [-0.2, 0) is 9.53 Å². The van der Waals surface area contributed by atoms with Crippen LogP contribution in [0.1, 0.15) is 144 Å². The largest absolute Gasteiger partial charge is 0.478 e. The van der Waals surface area contributed by atoms with Gasteiger partial charge in [0.1, 0.15) is 11.6 Å². The van der Waals surface area contributed by atoms with Crippen molar-refractivity contribution in [1.82, 2.24) is 0 Å². The molecule has 0 heterocycles. The second-order valence-corrected chi connectivity index (χ2v) is 11.2. The van der Waals surface area contributed by atoms with Crippen LogP contribution in [0, 0.1) is 5.82 Å². The third-order valence-electron chi connectivity index (χ3n) is 7.47. The van der Waals surface area contributed by atoms with E-state index in [1.165, 1.54) is 68.9 Å². The van der Waals surface area contributed by atoms with Gasteiger partial charge in [0.15, 0.2) is 0 Å². The highest BCUT2D eigenvalue weighted by Gasteiger charge is 2.22. The van der Waals surface area contributed by atoms with Gasteiger partial charge in [0.25, 0.3) is 0 Å². The Bertz CT molecular complexity index is 1110. The molecular weight excluding hydrogens is 535 g/mol. The van der Waals surface area contributed by atoms with E-state index in [0.717, 1.165) is 57.4 Å². The quantitative estimate of drug-likeness (QED) is 0.0892. The fourth-order valence-corrected chi connectivity index (χ4v) is 4.95. The molecule has 0 aromatic heterocycles. The molecule has 0 aliphatic carbocycles. The predicted molar refractivity (Wildman–Crippen MR) is 165 cm³/mol. The number of ether oxygens (including phenoxy) is 2. The summed E-state index contributed by atoms with van der Waals surface area (Å²) < 4.78 is 26.4. The molecule has 42 heavy (non-hydrogen) atoms. The molecule has 0 bridgehead atoms. The van der Waals surface area contributed by atoms with E-state index < -0.39 is 29.3 Å². The molecule has 2 aromatic carbocycles. The van der Waals surface area contributed by atoms with E-state index in [9.17, 15) is 19.5 Å². The number of carbonyl (C=O) groups is 3. The zero-order chi connectivity index (χ0) is 30.7. The second kappa shape index (κ2) is 19.8. The number of unbranched alkanes of at least 4 members (excludes halogenated alkanes) is 12. The lowest BCUT2D eigenvalue weighted by molar-refractivity contribution is -0.134. The molecule has 6 nitrogen and oxygen atoms in total. The molecule has 2 rings (SSSR count). The van der Waals surface area contributed by atoms with Gasteiger partial charge in [0, 0.05) is 6.42 Å². The zero-order valence-corrected chi connectivity index (χ0v) is 25.7. The van der Waals surface area contributed by atoms with E-state index in [1.807, 2.05) is 6.92 Å². The van der Waals surface area contributed by atoms with Crippen LogP contribution >= 0.6 is 0 Å². The third kappa shape index (κ3) is 12.3. The summed E-state index contributed by atoms with van der Waals surface area (Å²) in [5.74, 6) is -3.45. The Hall–Kier alpha value is -3.22. The van der Waals surface area contributed by atoms with Crippen molar-refractivity contribution >= 4 is 17.9 Å². The van der Waals surface area contributed by atoms with Crippen LogP contribution in [0.15, 0.2) is 36.4 Å². The monoisotopic (exact) mass is 584 g/mol. The number of carboxylic acid groups (broad SMARTS) is 1. The minimum atomic E-state index is -1.43. The van der Waals surface area contributed by atoms with Crippen molar-refractivity contribution in [1.29, 1.82) is 0 Å². The van der Waals surface area contributed by atoms with Gasteiger partial charge in [-0.2, -0.15) is 0 Å². The summed E-state index contributed by atoms with van der Waals surface area (Å²) in [7, 11) is 0. The summed E-state index contributed by atoms with van der Waals surface area (Å²) in [4.78, 5) is 36.8. The second-order valence-electron chi connectivity index (χ2n) is 11.2. The van der Waals surface area contributed by atoms with Crippen molar-refractivity contribution in [3.8, 4) is 16.9 Å². The number of hydrogen-bond acceptors (Lipinski definition) is 5.